The summed E-state index contributed by atoms with van der Waals surface area (Å²) in [6, 6.07) is 15.1. The third-order valence-electron chi connectivity index (χ3n) is 12.9. The van der Waals surface area contributed by atoms with Gasteiger partial charge in [-0.05, 0) is 48.9 Å². The van der Waals surface area contributed by atoms with Gasteiger partial charge in [0.15, 0.2) is 0 Å². The van der Waals surface area contributed by atoms with E-state index in [9.17, 15) is 22.9 Å². The number of benzene rings is 2. The maximum Gasteiger partial charge on any atom is 0.407 e. The lowest BCUT2D eigenvalue weighted by atomic mass is 9.98. The molecule has 0 aliphatic heterocycles. The van der Waals surface area contributed by atoms with Crippen LogP contribution in [0.15, 0.2) is 48.5 Å². The Labute approximate surface area is 437 Å². The number of alkyl halides is 2. The maximum absolute atomic E-state index is 14.8. The summed E-state index contributed by atoms with van der Waals surface area (Å²) in [4.78, 5) is 27.5. The molecule has 3 atom stereocenters. The zero-order valence-electron chi connectivity index (χ0n) is 44.6. The van der Waals surface area contributed by atoms with Crippen molar-refractivity contribution in [3.8, 4) is 11.1 Å². The van der Waals surface area contributed by atoms with Crippen molar-refractivity contribution in [3.63, 3.8) is 0 Å². The highest BCUT2D eigenvalue weighted by atomic mass is 32.2. The summed E-state index contributed by atoms with van der Waals surface area (Å²) >= 11 is 1.50. The number of fused-ring (bicyclic) bond motifs is 3. The fourth-order valence-electron chi connectivity index (χ4n) is 9.09. The van der Waals surface area contributed by atoms with Gasteiger partial charge in [-0.15, -0.1) is 0 Å². The summed E-state index contributed by atoms with van der Waals surface area (Å²) in [7, 11) is -3.95. The lowest BCUT2D eigenvalue weighted by molar-refractivity contribution is -0.122. The predicted octanol–water partition coefficient (Wildman–Crippen LogP) is 13.8. The van der Waals surface area contributed by atoms with Crippen molar-refractivity contribution in [2.24, 2.45) is 0 Å². The molecule has 1 unspecified atom stereocenters. The lowest BCUT2D eigenvalue weighted by Gasteiger charge is -2.33. The van der Waals surface area contributed by atoms with E-state index in [-0.39, 0.29) is 82.8 Å². The molecule has 12 nitrogen and oxygen atoms in total. The number of nitrogens with one attached hydrogen (secondary N) is 3. The number of amides is 2. The molecule has 0 heterocycles. The monoisotopic (exact) mass is 1050 g/mol. The van der Waals surface area contributed by atoms with E-state index in [0.717, 1.165) is 54.4 Å². The van der Waals surface area contributed by atoms with Gasteiger partial charge in [-0.2, -0.15) is 11.8 Å². The van der Waals surface area contributed by atoms with Gasteiger partial charge < -0.3 is 38.6 Å². The zero-order chi connectivity index (χ0) is 51.9. The highest BCUT2D eigenvalue weighted by Crippen LogP contribution is 2.53. The first-order valence-electron chi connectivity index (χ1n) is 27.8. The molecule has 2 aromatic carbocycles. The smallest absolute Gasteiger partial charge is 0.407 e. The maximum atomic E-state index is 14.8. The van der Waals surface area contributed by atoms with Gasteiger partial charge in [-0.3, -0.25) is 14.7 Å². The molecule has 72 heavy (non-hydrogen) atoms. The number of ether oxygens (including phenoxy) is 4. The molecule has 2 amide bonds. The number of unbranched alkanes of at least 4 members (excludes halogenated alkanes) is 17. The average molecular weight is 1050 g/mol. The van der Waals surface area contributed by atoms with E-state index in [4.69, 9.17) is 28.0 Å². The summed E-state index contributed by atoms with van der Waals surface area (Å²) in [5.74, 6) is -0.466. The third kappa shape index (κ3) is 26.7. The van der Waals surface area contributed by atoms with E-state index in [2.05, 4.69) is 54.1 Å². The Morgan fingerprint density at radius 3 is 1.71 bits per heavy atom. The first-order chi connectivity index (χ1) is 35.2. The number of hydrogen-bond donors (Lipinski definition) is 3. The van der Waals surface area contributed by atoms with E-state index in [1.54, 1.807) is 13.8 Å². The van der Waals surface area contributed by atoms with E-state index in [1.807, 2.05) is 24.3 Å². The number of carbonyl (C=O) groups is 2. The van der Waals surface area contributed by atoms with Crippen molar-refractivity contribution in [2.45, 2.75) is 193 Å². The van der Waals surface area contributed by atoms with Gasteiger partial charge in [-0.25, -0.2) is 13.6 Å². The Hall–Kier alpha value is -2.62. The number of rotatable bonds is 47. The van der Waals surface area contributed by atoms with Crippen LogP contribution in [0.2, 0.25) is 0 Å². The molecule has 0 aromatic heterocycles. The summed E-state index contributed by atoms with van der Waals surface area (Å²) in [5.41, 5.74) is 4.38. The first kappa shape index (κ1) is 63.7. The Morgan fingerprint density at radius 1 is 0.625 bits per heavy atom. The molecule has 16 heteroatoms. The molecular weight excluding hydrogens is 960 g/mol. The Bertz CT molecular complexity index is 1700. The van der Waals surface area contributed by atoms with Crippen LogP contribution in [0.5, 0.6) is 0 Å². The van der Waals surface area contributed by atoms with Gasteiger partial charge in [0, 0.05) is 43.4 Å². The van der Waals surface area contributed by atoms with Crippen LogP contribution in [0.3, 0.4) is 0 Å². The second kappa shape index (κ2) is 40.7. The van der Waals surface area contributed by atoms with Gasteiger partial charge in [0.1, 0.15) is 12.4 Å². The largest absolute Gasteiger partial charge is 0.449 e. The standard InChI is InChI=1S/C56H94F2N3O9PS/c1-5-9-11-13-15-17-19-21-23-29-37-67-42-46(60-54(62)34-24-22-20-18-16-14-12-10-6-2)44-72-45-52(55(71(64,69-7-3)70-8-4)59-36-39-66-41-40-65-38-35-53(57)58)61-56(63)68-43-51-49-32-27-25-30-47(49)48-31-26-28-33-50(48)51/h25-28,30-33,46,51-53,55,59H,5-24,29,34-45H2,1-4H3,(H,60,62)(H,61,63)/t46-,52+,55?/m1/s1. The van der Waals surface area contributed by atoms with Crippen molar-refractivity contribution in [3.05, 3.63) is 59.7 Å². The molecule has 0 radical (unpaired) electrons. The molecule has 3 rings (SSSR count). The predicted molar refractivity (Wildman–Crippen MR) is 291 cm³/mol. The number of thioether (sulfide) groups is 1. The van der Waals surface area contributed by atoms with Gasteiger partial charge >= 0.3 is 13.7 Å². The Kier molecular flexibility index (Phi) is 36.0. The van der Waals surface area contributed by atoms with Crippen LogP contribution in [0, 0.1) is 0 Å². The van der Waals surface area contributed by atoms with Gasteiger partial charge in [0.05, 0.1) is 58.3 Å². The van der Waals surface area contributed by atoms with Crippen LogP contribution in [-0.2, 0) is 37.4 Å². The molecule has 0 fully saturated rings. The quantitative estimate of drug-likeness (QED) is 0.0431. The van der Waals surface area contributed by atoms with E-state index in [1.165, 1.54) is 102 Å². The third-order valence-corrected chi connectivity index (χ3v) is 16.6. The molecule has 1 aliphatic rings. The van der Waals surface area contributed by atoms with Crippen LogP contribution in [0.25, 0.3) is 11.1 Å². The molecule has 0 bridgehead atoms. The summed E-state index contributed by atoms with van der Waals surface area (Å²) in [5, 5.41) is 9.62. The van der Waals surface area contributed by atoms with Crippen LogP contribution in [0.1, 0.15) is 180 Å². The molecule has 0 saturated carbocycles. The lowest BCUT2D eigenvalue weighted by Crippen LogP contribution is -2.53. The minimum Gasteiger partial charge on any atom is -0.449 e. The molecule has 2 aromatic rings. The van der Waals surface area contributed by atoms with Crippen LogP contribution in [0.4, 0.5) is 13.6 Å². The first-order valence-corrected chi connectivity index (χ1v) is 30.6. The number of alkyl carbamates (subject to hydrolysis) is 1. The van der Waals surface area contributed by atoms with Crippen LogP contribution < -0.4 is 16.0 Å². The van der Waals surface area contributed by atoms with Gasteiger partial charge in [0.2, 0.25) is 12.3 Å². The minimum absolute atomic E-state index is 0.00412. The Morgan fingerprint density at radius 2 is 1.15 bits per heavy atom. The van der Waals surface area contributed by atoms with Crippen molar-refractivity contribution in [1.29, 1.82) is 0 Å². The molecule has 412 valence electrons. The van der Waals surface area contributed by atoms with Crippen molar-refractivity contribution < 1.29 is 50.9 Å². The summed E-state index contributed by atoms with van der Waals surface area (Å²) < 4.78 is 75.0. The van der Waals surface area contributed by atoms with Crippen LogP contribution >= 0.6 is 19.4 Å². The molecule has 0 saturated heterocycles. The van der Waals surface area contributed by atoms with Gasteiger partial charge in [0.25, 0.3) is 0 Å². The van der Waals surface area contributed by atoms with E-state index >= 15 is 0 Å². The van der Waals surface area contributed by atoms with Crippen molar-refractivity contribution in [2.75, 3.05) is 77.5 Å². The molecule has 3 N–H and O–H groups in total. The van der Waals surface area contributed by atoms with Crippen molar-refractivity contribution >= 4 is 31.4 Å². The molecule has 0 spiro atoms. The molecule has 1 aliphatic carbocycles. The SMILES string of the molecule is CCCCCCCCCCCCOC[C@H](CSC[C@H](NC(=O)OCC1c2ccccc2-c2ccccc21)C(NCCOCCOCCC(F)F)P(=O)(OCC)OCC)NC(=O)CCCCCCCCCCC. The average Bonchev–Trinajstić information content (AvgIpc) is 3.69. The number of hydrogen-bond acceptors (Lipinski definition) is 11. The molecular formula is C56H94F2N3O9PS. The Balaban J connectivity index is 1.73. The minimum atomic E-state index is -3.95. The van der Waals surface area contributed by atoms with Crippen molar-refractivity contribution in [1.82, 2.24) is 16.0 Å². The zero-order valence-corrected chi connectivity index (χ0v) is 46.3. The highest BCUT2D eigenvalue weighted by Gasteiger charge is 2.42. The highest BCUT2D eigenvalue weighted by molar-refractivity contribution is 7.99. The van der Waals surface area contributed by atoms with E-state index < -0.39 is 31.9 Å². The normalized spacial score (nSPS) is 13.8. The summed E-state index contributed by atoms with van der Waals surface area (Å²) in [6.07, 6.45) is 19.9. The number of halogens is 2. The topological polar surface area (TPSA) is 143 Å². The van der Waals surface area contributed by atoms with Gasteiger partial charge in [-0.1, -0.05) is 172 Å². The fraction of sp³-hybridized carbons (Fsp3) is 0.750. The van der Waals surface area contributed by atoms with E-state index in [0.29, 0.717) is 25.4 Å². The summed E-state index contributed by atoms with van der Waals surface area (Å²) in [6.45, 7) is 9.80. The fourth-order valence-corrected chi connectivity index (χ4v) is 12.5. The second-order valence-corrected chi connectivity index (χ2v) is 22.1. The van der Waals surface area contributed by atoms with Crippen LogP contribution in [-0.4, -0.2) is 114 Å². The number of carbonyl (C=O) groups excluding carboxylic acids is 2. The second-order valence-electron chi connectivity index (χ2n) is 18.9.